The minimum Gasteiger partial charge on any atom is -0.455 e. The Bertz CT molecular complexity index is 866. The van der Waals surface area contributed by atoms with Crippen LogP contribution in [-0.4, -0.2) is 5.91 Å². The van der Waals surface area contributed by atoms with Crippen molar-refractivity contribution in [3.63, 3.8) is 0 Å². The van der Waals surface area contributed by atoms with Crippen molar-refractivity contribution < 1.29 is 9.53 Å². The average Bonchev–Trinajstić information content (AvgIpc) is 2.60. The van der Waals surface area contributed by atoms with Crippen LogP contribution in [-0.2, 0) is 0 Å². The molecule has 3 rings (SSSR count). The molecule has 0 saturated carbocycles. The molecule has 0 saturated heterocycles. The van der Waals surface area contributed by atoms with E-state index < -0.39 is 0 Å². The van der Waals surface area contributed by atoms with E-state index in [4.69, 9.17) is 27.9 Å². The molecule has 0 aliphatic heterocycles. The summed E-state index contributed by atoms with van der Waals surface area (Å²) in [5.41, 5.74) is 0.848. The van der Waals surface area contributed by atoms with Crippen molar-refractivity contribution in [1.29, 1.82) is 0 Å². The Hall–Kier alpha value is -2.49. The Kier molecular flexibility index (Phi) is 5.04. The molecule has 0 aliphatic carbocycles. The van der Waals surface area contributed by atoms with Gasteiger partial charge in [0, 0.05) is 0 Å². The summed E-state index contributed by atoms with van der Waals surface area (Å²) in [4.78, 5) is 12.5. The lowest BCUT2D eigenvalue weighted by molar-refractivity contribution is 0.102. The Balaban J connectivity index is 1.85. The third-order valence-corrected chi connectivity index (χ3v) is 4.12. The summed E-state index contributed by atoms with van der Waals surface area (Å²) in [6.45, 7) is 0. The lowest BCUT2D eigenvalue weighted by Crippen LogP contribution is -2.13. The number of para-hydroxylation sites is 3. The van der Waals surface area contributed by atoms with Crippen LogP contribution in [0.1, 0.15) is 10.4 Å². The van der Waals surface area contributed by atoms with Gasteiger partial charge in [0.25, 0.3) is 5.91 Å². The predicted octanol–water partition coefficient (Wildman–Crippen LogP) is 6.04. The maximum absolute atomic E-state index is 12.5. The quantitative estimate of drug-likeness (QED) is 0.618. The molecule has 3 aromatic carbocycles. The van der Waals surface area contributed by atoms with Crippen LogP contribution in [0.3, 0.4) is 0 Å². The van der Waals surface area contributed by atoms with E-state index in [0.29, 0.717) is 27.8 Å². The highest BCUT2D eigenvalue weighted by molar-refractivity contribution is 6.44. The van der Waals surface area contributed by atoms with E-state index in [1.165, 1.54) is 0 Å². The summed E-state index contributed by atoms with van der Waals surface area (Å²) in [6.07, 6.45) is 0. The lowest BCUT2D eigenvalue weighted by Gasteiger charge is -2.13. The summed E-state index contributed by atoms with van der Waals surface area (Å²) >= 11 is 12.1. The van der Waals surface area contributed by atoms with E-state index >= 15 is 0 Å². The second-order valence-electron chi connectivity index (χ2n) is 4.97. The van der Waals surface area contributed by atoms with Crippen molar-refractivity contribution >= 4 is 34.8 Å². The van der Waals surface area contributed by atoms with Gasteiger partial charge in [0.05, 0.1) is 21.3 Å². The topological polar surface area (TPSA) is 38.3 Å². The van der Waals surface area contributed by atoms with E-state index in [0.717, 1.165) is 0 Å². The fourth-order valence-electron chi connectivity index (χ4n) is 2.14. The van der Waals surface area contributed by atoms with E-state index in [9.17, 15) is 4.79 Å². The first-order valence-electron chi connectivity index (χ1n) is 7.22. The number of amides is 1. The number of benzene rings is 3. The van der Waals surface area contributed by atoms with Crippen LogP contribution in [0, 0.1) is 0 Å². The molecule has 5 heteroatoms. The first-order chi connectivity index (χ1) is 11.6. The molecule has 0 bridgehead atoms. The van der Waals surface area contributed by atoms with Crippen LogP contribution in [0.25, 0.3) is 0 Å². The number of carbonyl (C=O) groups is 1. The fourth-order valence-corrected chi connectivity index (χ4v) is 2.53. The number of ether oxygens (including phenoxy) is 1. The molecule has 3 aromatic rings. The summed E-state index contributed by atoms with van der Waals surface area (Å²) in [5.74, 6) is 0.863. The minimum atomic E-state index is -0.355. The van der Waals surface area contributed by atoms with Crippen molar-refractivity contribution in [2.75, 3.05) is 5.32 Å². The van der Waals surface area contributed by atoms with E-state index in [1.807, 2.05) is 42.5 Å². The third kappa shape index (κ3) is 3.70. The molecule has 0 spiro atoms. The Labute approximate surface area is 149 Å². The SMILES string of the molecule is O=C(Nc1ccccc1Oc1ccccc1)c1cccc(Cl)c1Cl. The van der Waals surface area contributed by atoms with Gasteiger partial charge in [0.2, 0.25) is 0 Å². The van der Waals surface area contributed by atoms with Crippen LogP contribution < -0.4 is 10.1 Å². The number of nitrogens with one attached hydrogen (secondary N) is 1. The highest BCUT2D eigenvalue weighted by Crippen LogP contribution is 2.31. The number of hydrogen-bond acceptors (Lipinski definition) is 2. The zero-order chi connectivity index (χ0) is 16.9. The lowest BCUT2D eigenvalue weighted by atomic mass is 10.2. The Morgan fingerprint density at radius 1 is 0.833 bits per heavy atom. The second kappa shape index (κ2) is 7.39. The van der Waals surface area contributed by atoms with Crippen LogP contribution in [0.15, 0.2) is 72.8 Å². The van der Waals surface area contributed by atoms with Crippen molar-refractivity contribution in [1.82, 2.24) is 0 Å². The zero-order valence-electron chi connectivity index (χ0n) is 12.5. The average molecular weight is 358 g/mol. The molecule has 1 amide bonds. The van der Waals surface area contributed by atoms with Gasteiger partial charge in [-0.2, -0.15) is 0 Å². The highest BCUT2D eigenvalue weighted by atomic mass is 35.5. The van der Waals surface area contributed by atoms with E-state index in [-0.39, 0.29) is 10.9 Å². The normalized spacial score (nSPS) is 10.2. The maximum atomic E-state index is 12.5. The number of halogens is 2. The summed E-state index contributed by atoms with van der Waals surface area (Å²) in [6, 6.07) is 21.4. The van der Waals surface area contributed by atoms with Gasteiger partial charge in [-0.05, 0) is 36.4 Å². The van der Waals surface area contributed by atoms with Crippen LogP contribution >= 0.6 is 23.2 Å². The minimum absolute atomic E-state index is 0.220. The molecule has 0 aromatic heterocycles. The summed E-state index contributed by atoms with van der Waals surface area (Å²) in [7, 11) is 0. The molecular formula is C19H13Cl2NO2. The molecule has 0 heterocycles. The van der Waals surface area contributed by atoms with Gasteiger partial charge in [0.1, 0.15) is 5.75 Å². The van der Waals surface area contributed by atoms with Crippen molar-refractivity contribution in [3.05, 3.63) is 88.4 Å². The first kappa shape index (κ1) is 16.4. The van der Waals surface area contributed by atoms with Crippen molar-refractivity contribution in [3.8, 4) is 11.5 Å². The molecule has 3 nitrogen and oxygen atoms in total. The monoisotopic (exact) mass is 357 g/mol. The first-order valence-corrected chi connectivity index (χ1v) is 7.98. The third-order valence-electron chi connectivity index (χ3n) is 3.30. The van der Waals surface area contributed by atoms with Gasteiger partial charge in [-0.15, -0.1) is 0 Å². The molecule has 0 unspecified atom stereocenters. The van der Waals surface area contributed by atoms with Crippen LogP contribution in [0.5, 0.6) is 11.5 Å². The molecule has 1 N–H and O–H groups in total. The van der Waals surface area contributed by atoms with Gasteiger partial charge in [-0.3, -0.25) is 4.79 Å². The largest absolute Gasteiger partial charge is 0.455 e. The molecule has 0 aliphatic rings. The van der Waals surface area contributed by atoms with Gasteiger partial charge >= 0.3 is 0 Å². The molecule has 24 heavy (non-hydrogen) atoms. The Morgan fingerprint density at radius 2 is 1.54 bits per heavy atom. The number of hydrogen-bond donors (Lipinski definition) is 1. The Morgan fingerprint density at radius 3 is 2.33 bits per heavy atom. The smallest absolute Gasteiger partial charge is 0.257 e. The van der Waals surface area contributed by atoms with Gasteiger partial charge < -0.3 is 10.1 Å². The fraction of sp³-hybridized carbons (Fsp3) is 0. The predicted molar refractivity (Wildman–Crippen MR) is 97.4 cm³/mol. The number of anilines is 1. The zero-order valence-corrected chi connectivity index (χ0v) is 14.0. The van der Waals surface area contributed by atoms with Crippen LogP contribution in [0.4, 0.5) is 5.69 Å². The summed E-state index contributed by atoms with van der Waals surface area (Å²) in [5, 5.41) is 3.36. The highest BCUT2D eigenvalue weighted by Gasteiger charge is 2.14. The molecule has 120 valence electrons. The second-order valence-corrected chi connectivity index (χ2v) is 5.75. The molecular weight excluding hydrogens is 345 g/mol. The van der Waals surface area contributed by atoms with Gasteiger partial charge in [0.15, 0.2) is 5.75 Å². The van der Waals surface area contributed by atoms with Crippen molar-refractivity contribution in [2.24, 2.45) is 0 Å². The van der Waals surface area contributed by atoms with Gasteiger partial charge in [-0.1, -0.05) is 59.6 Å². The number of rotatable bonds is 4. The standard InChI is InChI=1S/C19H13Cl2NO2/c20-15-10-6-9-14(18(15)21)19(23)22-16-11-4-5-12-17(16)24-13-7-2-1-3-8-13/h1-12H,(H,22,23). The molecule has 0 fully saturated rings. The summed E-state index contributed by atoms with van der Waals surface area (Å²) < 4.78 is 5.83. The molecule has 0 atom stereocenters. The van der Waals surface area contributed by atoms with Crippen LogP contribution in [0.2, 0.25) is 10.0 Å². The van der Waals surface area contributed by atoms with E-state index in [1.54, 1.807) is 30.3 Å². The van der Waals surface area contributed by atoms with E-state index in [2.05, 4.69) is 5.32 Å². The number of carbonyl (C=O) groups excluding carboxylic acids is 1. The molecule has 0 radical (unpaired) electrons. The van der Waals surface area contributed by atoms with Crippen molar-refractivity contribution in [2.45, 2.75) is 0 Å². The van der Waals surface area contributed by atoms with Gasteiger partial charge in [-0.25, -0.2) is 0 Å². The maximum Gasteiger partial charge on any atom is 0.257 e.